The summed E-state index contributed by atoms with van der Waals surface area (Å²) in [4.78, 5) is 29.9. The predicted octanol–water partition coefficient (Wildman–Crippen LogP) is 0.952. The van der Waals surface area contributed by atoms with Gasteiger partial charge < -0.3 is 0 Å². The van der Waals surface area contributed by atoms with Crippen molar-refractivity contribution >= 4 is 17.7 Å². The Kier molecular flexibility index (Phi) is 3.20. The van der Waals surface area contributed by atoms with Gasteiger partial charge in [-0.05, 0) is 22.9 Å². The number of hydrogen-bond donors (Lipinski definition) is 1. The second-order valence-corrected chi connectivity index (χ2v) is 4.78. The first kappa shape index (κ1) is 13.3. The van der Waals surface area contributed by atoms with E-state index in [9.17, 15) is 14.1 Å². The summed E-state index contributed by atoms with van der Waals surface area (Å²) in [5, 5.41) is 10.8. The van der Waals surface area contributed by atoms with Gasteiger partial charge in [-0.25, -0.2) is 4.39 Å². The van der Waals surface area contributed by atoms with E-state index in [0.29, 0.717) is 19.0 Å². The van der Waals surface area contributed by atoms with Crippen molar-refractivity contribution in [3.8, 4) is 0 Å². The number of nitrogens with one attached hydrogen (secondary N) is 1. The van der Waals surface area contributed by atoms with Crippen LogP contribution in [0.2, 0.25) is 0 Å². The van der Waals surface area contributed by atoms with Crippen molar-refractivity contribution in [3.05, 3.63) is 40.6 Å². The van der Waals surface area contributed by atoms with E-state index >= 15 is 0 Å². The van der Waals surface area contributed by atoms with Gasteiger partial charge in [-0.1, -0.05) is 12.1 Å². The van der Waals surface area contributed by atoms with Crippen LogP contribution < -0.4 is 0 Å². The molecule has 1 saturated heterocycles. The van der Waals surface area contributed by atoms with Crippen LogP contribution in [0.5, 0.6) is 0 Å². The number of amides is 1. The Hall–Kier alpha value is -2.64. The zero-order valence-electron chi connectivity index (χ0n) is 11.0. The van der Waals surface area contributed by atoms with Crippen LogP contribution in [0.15, 0.2) is 34.4 Å². The van der Waals surface area contributed by atoms with Crippen molar-refractivity contribution in [3.63, 3.8) is 0 Å². The normalized spacial score (nSPS) is 21.4. The van der Waals surface area contributed by atoms with Crippen LogP contribution in [0.4, 0.5) is 4.39 Å². The maximum atomic E-state index is 12.9. The number of benzene rings is 1. The summed E-state index contributed by atoms with van der Waals surface area (Å²) in [6, 6.07) is 4.46. The van der Waals surface area contributed by atoms with Gasteiger partial charge in [0.15, 0.2) is 0 Å². The third-order valence-corrected chi connectivity index (χ3v) is 3.47. The van der Waals surface area contributed by atoms with E-state index in [2.05, 4.69) is 10.2 Å². The number of nitroso groups, excluding NO2 is 1. The van der Waals surface area contributed by atoms with Crippen molar-refractivity contribution < 1.29 is 9.18 Å². The van der Waals surface area contributed by atoms with E-state index in [1.807, 2.05) is 0 Å². The molecule has 0 spiro atoms. The van der Waals surface area contributed by atoms with Crippen LogP contribution in [0, 0.1) is 16.1 Å². The molecular formula is C13H12FN5O2. The fraction of sp³-hybridized carbons (Fsp3) is 0.308. The summed E-state index contributed by atoms with van der Waals surface area (Å²) in [6.45, 7) is 1.04. The molecule has 1 aromatic rings. The summed E-state index contributed by atoms with van der Waals surface area (Å²) >= 11 is 0. The van der Waals surface area contributed by atoms with Crippen molar-refractivity contribution in [1.82, 2.24) is 9.80 Å². The Labute approximate surface area is 119 Å². The smallest absolute Gasteiger partial charge is 0.265 e. The highest BCUT2D eigenvalue weighted by molar-refractivity contribution is 6.21. The van der Waals surface area contributed by atoms with Gasteiger partial charge in [-0.3, -0.25) is 25.0 Å². The van der Waals surface area contributed by atoms with Crippen molar-refractivity contribution in [2.75, 3.05) is 13.1 Å². The molecule has 1 amide bonds. The standard InChI is InChI=1S/C13H12FN5O2/c14-9-3-1-8(2-4-9)7-19-11(15)10(17-21)12(20)18-6-5-16-13(18)19/h1-4,10,15H,5-7H2. The molecule has 7 nitrogen and oxygen atoms in total. The van der Waals surface area contributed by atoms with Crippen LogP contribution in [0.3, 0.4) is 0 Å². The van der Waals surface area contributed by atoms with Gasteiger partial charge in [-0.15, -0.1) is 4.91 Å². The average Bonchev–Trinajstić information content (AvgIpc) is 2.96. The Balaban J connectivity index is 1.91. The number of carbonyl (C=O) groups excluding carboxylic acids is 1. The fourth-order valence-corrected chi connectivity index (χ4v) is 2.42. The molecule has 0 saturated carbocycles. The third kappa shape index (κ3) is 2.18. The van der Waals surface area contributed by atoms with Crippen LogP contribution in [-0.4, -0.2) is 46.6 Å². The summed E-state index contributed by atoms with van der Waals surface area (Å²) < 4.78 is 12.9. The summed E-state index contributed by atoms with van der Waals surface area (Å²) in [5.41, 5.74) is 0.745. The van der Waals surface area contributed by atoms with Gasteiger partial charge in [0.2, 0.25) is 12.0 Å². The molecule has 21 heavy (non-hydrogen) atoms. The Bertz CT molecular complexity index is 642. The Morgan fingerprint density at radius 3 is 2.76 bits per heavy atom. The largest absolute Gasteiger partial charge is 0.294 e. The highest BCUT2D eigenvalue weighted by Crippen LogP contribution is 2.21. The molecule has 0 bridgehead atoms. The van der Waals surface area contributed by atoms with E-state index in [1.54, 1.807) is 12.1 Å². The minimum absolute atomic E-state index is 0.198. The number of carbonyl (C=O) groups is 1. The molecule has 1 fully saturated rings. The second kappa shape index (κ2) is 5.04. The zero-order valence-corrected chi connectivity index (χ0v) is 11.0. The molecule has 0 aliphatic carbocycles. The Morgan fingerprint density at radius 1 is 1.38 bits per heavy atom. The number of rotatable bonds is 3. The van der Waals surface area contributed by atoms with E-state index in [0.717, 1.165) is 5.56 Å². The first-order chi connectivity index (χ1) is 10.1. The summed E-state index contributed by atoms with van der Waals surface area (Å²) in [6.07, 6.45) is 0. The minimum Gasteiger partial charge on any atom is -0.294 e. The van der Waals surface area contributed by atoms with Gasteiger partial charge in [0.05, 0.1) is 13.1 Å². The summed E-state index contributed by atoms with van der Waals surface area (Å²) in [7, 11) is 0. The molecule has 0 radical (unpaired) electrons. The number of hydrogen-bond acceptors (Lipinski definition) is 5. The molecule has 2 heterocycles. The van der Waals surface area contributed by atoms with E-state index < -0.39 is 11.9 Å². The number of guanidine groups is 1. The average molecular weight is 289 g/mol. The summed E-state index contributed by atoms with van der Waals surface area (Å²) in [5.74, 6) is -0.707. The molecule has 3 rings (SSSR count). The Morgan fingerprint density at radius 2 is 2.10 bits per heavy atom. The predicted molar refractivity (Wildman–Crippen MR) is 73.3 cm³/mol. The maximum Gasteiger partial charge on any atom is 0.265 e. The molecule has 108 valence electrons. The second-order valence-electron chi connectivity index (χ2n) is 4.78. The van der Waals surface area contributed by atoms with Gasteiger partial charge in [0.1, 0.15) is 11.7 Å². The van der Waals surface area contributed by atoms with Gasteiger partial charge >= 0.3 is 0 Å². The number of nitrogens with zero attached hydrogens (tertiary/aromatic N) is 4. The lowest BCUT2D eigenvalue weighted by Crippen LogP contribution is -2.60. The van der Waals surface area contributed by atoms with Crippen molar-refractivity contribution in [2.45, 2.75) is 12.6 Å². The molecule has 1 atom stereocenters. The SMILES string of the molecule is N=C1C(N=O)C(=O)N2CCN=C2N1Cc1ccc(F)cc1. The van der Waals surface area contributed by atoms with Crippen LogP contribution in [-0.2, 0) is 11.3 Å². The van der Waals surface area contributed by atoms with Crippen LogP contribution in [0.25, 0.3) is 0 Å². The monoisotopic (exact) mass is 289 g/mol. The van der Waals surface area contributed by atoms with E-state index in [4.69, 9.17) is 5.41 Å². The number of aliphatic imine (C=N–C) groups is 1. The molecule has 2 aliphatic rings. The quantitative estimate of drug-likeness (QED) is 0.840. The number of halogens is 1. The maximum absolute atomic E-state index is 12.9. The first-order valence-corrected chi connectivity index (χ1v) is 6.40. The molecular weight excluding hydrogens is 277 g/mol. The molecule has 8 heteroatoms. The van der Waals surface area contributed by atoms with Gasteiger partial charge in [0.25, 0.3) is 5.91 Å². The minimum atomic E-state index is -1.34. The van der Waals surface area contributed by atoms with E-state index in [-0.39, 0.29) is 18.2 Å². The molecule has 2 aliphatic heterocycles. The lowest BCUT2D eigenvalue weighted by molar-refractivity contribution is -0.128. The molecule has 1 aromatic carbocycles. The number of fused-ring (bicyclic) bond motifs is 1. The lowest BCUT2D eigenvalue weighted by atomic mass is 10.1. The first-order valence-electron chi connectivity index (χ1n) is 6.40. The molecule has 1 N–H and O–H groups in total. The van der Waals surface area contributed by atoms with Gasteiger partial charge in [-0.2, -0.15) is 0 Å². The molecule has 0 aromatic heterocycles. The topological polar surface area (TPSA) is 89.2 Å². The highest BCUT2D eigenvalue weighted by Gasteiger charge is 2.44. The third-order valence-electron chi connectivity index (χ3n) is 3.47. The zero-order chi connectivity index (χ0) is 15.0. The van der Waals surface area contributed by atoms with Crippen molar-refractivity contribution in [1.29, 1.82) is 5.41 Å². The van der Waals surface area contributed by atoms with E-state index in [1.165, 1.54) is 21.9 Å². The van der Waals surface area contributed by atoms with Crippen LogP contribution >= 0.6 is 0 Å². The van der Waals surface area contributed by atoms with Gasteiger partial charge in [0, 0.05) is 6.54 Å². The lowest BCUT2D eigenvalue weighted by Gasteiger charge is -2.36. The molecule has 1 unspecified atom stereocenters. The number of amidine groups is 1. The fourth-order valence-electron chi connectivity index (χ4n) is 2.42. The van der Waals surface area contributed by atoms with Crippen LogP contribution in [0.1, 0.15) is 5.56 Å². The van der Waals surface area contributed by atoms with Crippen molar-refractivity contribution in [2.24, 2.45) is 10.2 Å². The highest BCUT2D eigenvalue weighted by atomic mass is 19.1.